The van der Waals surface area contributed by atoms with Gasteiger partial charge in [0.2, 0.25) is 5.78 Å². The Kier molecular flexibility index (Phi) is 9.02. The van der Waals surface area contributed by atoms with Gasteiger partial charge in [0.05, 0.1) is 29.9 Å². The quantitative estimate of drug-likeness (QED) is 0.205. The van der Waals surface area contributed by atoms with Gasteiger partial charge in [-0.25, -0.2) is 9.59 Å². The number of fused-ring (bicyclic) bond motifs is 1. The molecule has 15 atom stereocenters. The minimum Gasteiger partial charge on any atom is -0.462 e. The van der Waals surface area contributed by atoms with Gasteiger partial charge in [-0.15, -0.1) is 0 Å². The Morgan fingerprint density at radius 1 is 0.893 bits per heavy atom. The maximum atomic E-state index is 15.5. The van der Waals surface area contributed by atoms with Crippen LogP contribution in [0.4, 0.5) is 0 Å². The van der Waals surface area contributed by atoms with Gasteiger partial charge in [0.1, 0.15) is 30.0 Å². The molecule has 4 saturated heterocycles. The number of hydrogen-bond acceptors (Lipinski definition) is 12. The van der Waals surface area contributed by atoms with E-state index in [-0.39, 0.29) is 30.9 Å². The van der Waals surface area contributed by atoms with E-state index in [2.05, 4.69) is 13.5 Å². The number of aliphatic hydroxyl groups excluding tert-OH is 2. The minimum absolute atomic E-state index is 0.128. The van der Waals surface area contributed by atoms with E-state index in [9.17, 15) is 24.9 Å². The lowest BCUT2D eigenvalue weighted by Crippen LogP contribution is -2.75. The minimum atomic E-state index is -2.47. The summed E-state index contributed by atoms with van der Waals surface area (Å²) < 4.78 is 40.1. The van der Waals surface area contributed by atoms with Crippen molar-refractivity contribution in [3.05, 3.63) is 83.9 Å². The van der Waals surface area contributed by atoms with Crippen LogP contribution in [0.1, 0.15) is 86.4 Å². The van der Waals surface area contributed by atoms with E-state index in [0.717, 1.165) is 25.7 Å². The van der Waals surface area contributed by atoms with Crippen molar-refractivity contribution in [1.29, 1.82) is 0 Å². The smallest absolute Gasteiger partial charge is 0.338 e. The molecule has 4 heterocycles. The number of ketones is 1. The van der Waals surface area contributed by atoms with Gasteiger partial charge in [-0.1, -0.05) is 88.9 Å². The number of esters is 2. The van der Waals surface area contributed by atoms with Crippen molar-refractivity contribution in [2.75, 3.05) is 13.2 Å². The number of aliphatic hydroxyl groups is 3. The summed E-state index contributed by atoms with van der Waals surface area (Å²) >= 11 is 0. The van der Waals surface area contributed by atoms with Crippen molar-refractivity contribution < 1.29 is 58.1 Å². The van der Waals surface area contributed by atoms with Crippen LogP contribution in [0.2, 0.25) is 0 Å². The predicted molar refractivity (Wildman–Crippen MR) is 198 cm³/mol. The average molecular weight is 773 g/mol. The maximum absolute atomic E-state index is 15.5. The fourth-order valence-corrected chi connectivity index (χ4v) is 12.2. The molecule has 2 aromatic carbocycles. The van der Waals surface area contributed by atoms with Crippen molar-refractivity contribution in [1.82, 2.24) is 0 Å². The zero-order valence-electron chi connectivity index (χ0n) is 32.1. The number of carbonyl (C=O) groups excluding carboxylic acids is 3. The van der Waals surface area contributed by atoms with E-state index in [1.165, 1.54) is 0 Å². The molecular formula is C44H52O12. The van der Waals surface area contributed by atoms with Crippen molar-refractivity contribution in [3.63, 3.8) is 0 Å². The summed E-state index contributed by atoms with van der Waals surface area (Å²) in [6, 6.07) is 17.0. The SMILES string of the molecule is C=C(C)[C@]12C[C@@H](COC(=O)c3ccccc3)[C@@]34OC5(O[C@@H]1C3[C@@H]1O[C@]1(CO)C(=O)[C@@]1(O)C4C([C@H](C)CCCCCC[C@H]5O)[C@H](C)[C@@H]1OC(=O)c1ccccc1)O2. The Balaban J connectivity index is 1.28. The van der Waals surface area contributed by atoms with Crippen molar-refractivity contribution in [2.24, 2.45) is 35.5 Å². The molecule has 12 nitrogen and oxygen atoms in total. The van der Waals surface area contributed by atoms with Crippen LogP contribution in [0.25, 0.3) is 0 Å². The summed E-state index contributed by atoms with van der Waals surface area (Å²) in [7, 11) is 0. The molecule has 300 valence electrons. The molecule has 2 aromatic rings. The molecule has 4 unspecified atom stereocenters. The largest absolute Gasteiger partial charge is 0.462 e. The van der Waals surface area contributed by atoms with Crippen LogP contribution in [0.3, 0.4) is 0 Å². The predicted octanol–water partition coefficient (Wildman–Crippen LogP) is 4.54. The summed E-state index contributed by atoms with van der Waals surface area (Å²) in [4.78, 5) is 43.1. The summed E-state index contributed by atoms with van der Waals surface area (Å²) in [5.74, 6) is -8.15. The monoisotopic (exact) mass is 772 g/mol. The zero-order chi connectivity index (χ0) is 39.4. The second-order valence-corrected chi connectivity index (χ2v) is 17.6. The fourth-order valence-electron chi connectivity index (χ4n) is 12.2. The highest BCUT2D eigenvalue weighted by atomic mass is 16.9. The second-order valence-electron chi connectivity index (χ2n) is 17.6. The van der Waals surface area contributed by atoms with Crippen LogP contribution in [0.5, 0.6) is 0 Å². The molecule has 7 fully saturated rings. The molecule has 4 aliphatic heterocycles. The molecule has 0 amide bonds. The molecule has 2 spiro atoms. The highest BCUT2D eigenvalue weighted by Gasteiger charge is 2.91. The molecule has 0 aromatic heterocycles. The van der Waals surface area contributed by atoms with Gasteiger partial charge in [-0.05, 0) is 61.4 Å². The number of carbonyl (C=O) groups is 3. The first-order chi connectivity index (χ1) is 26.8. The zero-order valence-corrected chi connectivity index (χ0v) is 32.1. The maximum Gasteiger partial charge on any atom is 0.338 e. The Bertz CT molecular complexity index is 1910. The highest BCUT2D eigenvalue weighted by Crippen LogP contribution is 2.75. The Hall–Kier alpha value is -3.49. The molecule has 7 aliphatic rings. The summed E-state index contributed by atoms with van der Waals surface area (Å²) in [5, 5.41) is 37.1. The standard InChI is InChI=1S/C44H52O12/c1-24(2)40-21-29(22-51-37(47)27-16-10-7-11-17-27)43-32-35(40)54-44(55-40,56-43)30(46)20-14-6-5-9-15-25(3)31-26(4)34(52-38(48)28-18-12-8-13-19-28)42(50,33(31)43)39(49)41(23-45)36(32)53-41/h7-8,10-13,16-19,25-26,29-36,45-46,50H,1,5-6,9,14-15,20-23H2,2-4H3/t25-,26+,29+,30-,31?,32?,33?,34+,35-,36+,40-,41+,42-,43-,44?/m1/s1. The number of hydrogen-bond donors (Lipinski definition) is 3. The first-order valence-electron chi connectivity index (χ1n) is 20.3. The van der Waals surface area contributed by atoms with Crippen LogP contribution in [0, 0.1) is 35.5 Å². The molecule has 3 N–H and O–H groups in total. The van der Waals surface area contributed by atoms with Gasteiger partial charge in [0.25, 0.3) is 0 Å². The molecular weight excluding hydrogens is 720 g/mol. The number of ether oxygens (including phenoxy) is 6. The first-order valence-corrected chi connectivity index (χ1v) is 20.3. The van der Waals surface area contributed by atoms with Crippen molar-refractivity contribution in [2.45, 2.75) is 119 Å². The molecule has 3 saturated carbocycles. The fraction of sp³-hybridized carbons (Fsp3) is 0.614. The van der Waals surface area contributed by atoms with Crippen LogP contribution < -0.4 is 0 Å². The van der Waals surface area contributed by atoms with Gasteiger partial charge >= 0.3 is 17.9 Å². The number of rotatable bonds is 7. The van der Waals surface area contributed by atoms with E-state index in [0.29, 0.717) is 17.6 Å². The lowest BCUT2D eigenvalue weighted by molar-refractivity contribution is -0.458. The third kappa shape index (κ3) is 5.05. The average Bonchev–Trinajstić information content (AvgIpc) is 3.84. The van der Waals surface area contributed by atoms with E-state index < -0.39 is 107 Å². The Labute approximate surface area is 326 Å². The van der Waals surface area contributed by atoms with Crippen LogP contribution in [-0.4, -0.2) is 99.0 Å². The molecule has 3 bridgehead atoms. The van der Waals surface area contributed by atoms with Crippen LogP contribution >= 0.6 is 0 Å². The topological polar surface area (TPSA) is 171 Å². The summed E-state index contributed by atoms with van der Waals surface area (Å²) in [6.07, 6.45) is -0.166. The van der Waals surface area contributed by atoms with Crippen molar-refractivity contribution in [3.8, 4) is 0 Å². The van der Waals surface area contributed by atoms with Gasteiger partial charge < -0.3 is 43.7 Å². The van der Waals surface area contributed by atoms with Gasteiger partial charge in [0.15, 0.2) is 11.2 Å². The number of benzene rings is 2. The molecule has 56 heavy (non-hydrogen) atoms. The van der Waals surface area contributed by atoms with Gasteiger partial charge in [-0.3, -0.25) is 4.79 Å². The molecule has 0 radical (unpaired) electrons. The molecule has 3 aliphatic carbocycles. The van der Waals surface area contributed by atoms with E-state index in [4.69, 9.17) is 28.4 Å². The first kappa shape index (κ1) is 38.1. The summed E-state index contributed by atoms with van der Waals surface area (Å²) in [5.41, 5.74) is -6.13. The van der Waals surface area contributed by atoms with Gasteiger partial charge in [0, 0.05) is 23.7 Å². The third-order valence-electron chi connectivity index (χ3n) is 14.7. The van der Waals surface area contributed by atoms with Gasteiger partial charge in [-0.2, -0.15) is 0 Å². The van der Waals surface area contributed by atoms with Crippen LogP contribution in [-0.2, 0) is 33.2 Å². The van der Waals surface area contributed by atoms with E-state index in [1.54, 1.807) is 60.7 Å². The highest BCUT2D eigenvalue weighted by molar-refractivity contribution is 6.00. The van der Waals surface area contributed by atoms with Crippen molar-refractivity contribution >= 4 is 17.7 Å². The van der Waals surface area contributed by atoms with E-state index in [1.807, 2.05) is 13.8 Å². The van der Waals surface area contributed by atoms with Crippen LogP contribution in [0.15, 0.2) is 72.8 Å². The Morgan fingerprint density at radius 3 is 2.18 bits per heavy atom. The van der Waals surface area contributed by atoms with E-state index >= 15 is 4.79 Å². The molecule has 9 rings (SSSR count). The third-order valence-corrected chi connectivity index (χ3v) is 14.7. The lowest BCUT2D eigenvalue weighted by Gasteiger charge is -2.61. The number of epoxide rings is 1. The molecule has 12 heteroatoms. The number of Topliss-reactive ketones (excluding diaryl/α,β-unsaturated/α-hetero) is 1. The Morgan fingerprint density at radius 2 is 1.54 bits per heavy atom. The lowest BCUT2D eigenvalue weighted by atomic mass is 9.51. The summed E-state index contributed by atoms with van der Waals surface area (Å²) in [6.45, 7) is 9.19. The second kappa shape index (κ2) is 13.3. The normalized spacial score (nSPS) is 46.0.